The van der Waals surface area contributed by atoms with Crippen LogP contribution in [-0.4, -0.2) is 78.4 Å². The Kier molecular flexibility index (Phi) is 7.75. The highest BCUT2D eigenvalue weighted by Gasteiger charge is 2.51. The summed E-state index contributed by atoms with van der Waals surface area (Å²) in [4.78, 5) is 28.9. The number of esters is 1. The van der Waals surface area contributed by atoms with Crippen molar-refractivity contribution in [3.05, 3.63) is 58.6 Å². The number of benzene rings is 2. The van der Waals surface area contributed by atoms with Gasteiger partial charge in [0.15, 0.2) is 0 Å². The van der Waals surface area contributed by atoms with Gasteiger partial charge in [0, 0.05) is 61.1 Å². The number of aliphatic hydroxyl groups excluding tert-OH is 1. The van der Waals surface area contributed by atoms with Gasteiger partial charge in [-0.15, -0.1) is 0 Å². The predicted octanol–water partition coefficient (Wildman–Crippen LogP) is 3.46. The van der Waals surface area contributed by atoms with E-state index in [4.69, 9.17) is 9.47 Å². The molecule has 2 fully saturated rings. The lowest BCUT2D eigenvalue weighted by Crippen LogP contribution is -2.69. The molecule has 4 rings (SSSR count). The van der Waals surface area contributed by atoms with Crippen LogP contribution in [0.5, 0.6) is 5.75 Å². The Morgan fingerprint density at radius 3 is 2.44 bits per heavy atom. The van der Waals surface area contributed by atoms with Gasteiger partial charge in [-0.3, -0.25) is 9.69 Å². The molecule has 0 saturated carbocycles. The monoisotopic (exact) mass is 531 g/mol. The molecule has 2 aliphatic rings. The highest BCUT2D eigenvalue weighted by Crippen LogP contribution is 2.42. The molecule has 9 heteroatoms. The molecule has 8 nitrogen and oxygen atoms in total. The number of urea groups is 1. The zero-order chi connectivity index (χ0) is 24.2. The molecule has 2 aliphatic heterocycles. The number of hydrogen-bond donors (Lipinski definition) is 2. The molecule has 2 saturated heterocycles. The van der Waals surface area contributed by atoms with Gasteiger partial charge in [0.25, 0.3) is 0 Å². The lowest BCUT2D eigenvalue weighted by molar-refractivity contribution is -0.153. The van der Waals surface area contributed by atoms with E-state index < -0.39 is 0 Å². The van der Waals surface area contributed by atoms with Crippen LogP contribution >= 0.6 is 15.9 Å². The van der Waals surface area contributed by atoms with Crippen LogP contribution in [0.3, 0.4) is 0 Å². The van der Waals surface area contributed by atoms with Gasteiger partial charge in [-0.1, -0.05) is 28.1 Å². The second kappa shape index (κ2) is 10.8. The number of halogens is 1. The summed E-state index contributed by atoms with van der Waals surface area (Å²) < 4.78 is 11.7. The second-order valence-corrected chi connectivity index (χ2v) is 9.63. The molecule has 182 valence electrons. The minimum absolute atomic E-state index is 0.00157. The number of carbonyl (C=O) groups excluding carboxylic acids is 2. The van der Waals surface area contributed by atoms with E-state index in [0.29, 0.717) is 37.5 Å². The van der Waals surface area contributed by atoms with Gasteiger partial charge in [-0.05, 0) is 42.0 Å². The normalized spacial score (nSPS) is 24.8. The van der Waals surface area contributed by atoms with Crippen molar-refractivity contribution in [1.29, 1.82) is 0 Å². The van der Waals surface area contributed by atoms with Crippen molar-refractivity contribution < 1.29 is 24.2 Å². The Hall–Kier alpha value is -2.62. The Morgan fingerprint density at radius 1 is 1.12 bits per heavy atom. The summed E-state index contributed by atoms with van der Waals surface area (Å²) in [6, 6.07) is 15.0. The average molecular weight is 532 g/mol. The van der Waals surface area contributed by atoms with Gasteiger partial charge in [-0.2, -0.15) is 0 Å². The molecular weight excluding hydrogens is 502 g/mol. The van der Waals surface area contributed by atoms with Crippen molar-refractivity contribution in [3.8, 4) is 5.75 Å². The number of rotatable bonds is 5. The van der Waals surface area contributed by atoms with Crippen molar-refractivity contribution in [1.82, 2.24) is 9.80 Å². The molecule has 0 aliphatic carbocycles. The van der Waals surface area contributed by atoms with E-state index in [2.05, 4.69) is 38.3 Å². The number of nitrogens with zero attached hydrogens (tertiary/aromatic N) is 2. The Bertz CT molecular complexity index is 1000. The standard InChI is InChI=1S/C25H30BrN3O5/c1-16(31)34-21-11-12-28(25(32)27-19-7-9-20(33-2)10-8-19)14-22-24(23(15-30)29(22)13-21)17-3-5-18(26)6-4-17/h3-10,21-24,30H,11-15H2,1-2H3,(H,27,32)/t21?,22-,23+,24+/m0/s1. The predicted molar refractivity (Wildman–Crippen MR) is 132 cm³/mol. The molecule has 2 aromatic carbocycles. The molecule has 2 amide bonds. The molecule has 34 heavy (non-hydrogen) atoms. The van der Waals surface area contributed by atoms with Crippen LogP contribution in [0.4, 0.5) is 10.5 Å². The molecule has 0 bridgehead atoms. The maximum atomic E-state index is 13.2. The summed E-state index contributed by atoms with van der Waals surface area (Å²) in [5.41, 5.74) is 1.79. The number of ether oxygens (including phenoxy) is 2. The maximum Gasteiger partial charge on any atom is 0.321 e. The van der Waals surface area contributed by atoms with Crippen molar-refractivity contribution in [2.75, 3.05) is 38.7 Å². The molecule has 4 atom stereocenters. The summed E-state index contributed by atoms with van der Waals surface area (Å²) in [6.45, 7) is 2.89. The SMILES string of the molecule is COc1ccc(NC(=O)N2CCC(OC(C)=O)CN3[C@H](CO)[C@H](c4ccc(Br)cc4)[C@@H]3C2)cc1. The largest absolute Gasteiger partial charge is 0.497 e. The van der Waals surface area contributed by atoms with Crippen LogP contribution in [0.1, 0.15) is 24.8 Å². The Morgan fingerprint density at radius 2 is 1.82 bits per heavy atom. The van der Waals surface area contributed by atoms with E-state index >= 15 is 0 Å². The quantitative estimate of drug-likeness (QED) is 0.574. The molecule has 2 heterocycles. The number of carbonyl (C=O) groups is 2. The average Bonchev–Trinajstić information content (AvgIpc) is 2.81. The fraction of sp³-hybridized carbons (Fsp3) is 0.440. The first kappa shape index (κ1) is 24.5. The van der Waals surface area contributed by atoms with E-state index in [0.717, 1.165) is 10.0 Å². The number of nitrogens with one attached hydrogen (secondary N) is 1. The molecule has 1 unspecified atom stereocenters. The van der Waals surface area contributed by atoms with Crippen LogP contribution in [-0.2, 0) is 9.53 Å². The summed E-state index contributed by atoms with van der Waals surface area (Å²) in [6.07, 6.45) is 0.177. The molecular formula is C25H30BrN3O5. The highest BCUT2D eigenvalue weighted by atomic mass is 79.9. The third-order valence-corrected chi connectivity index (χ3v) is 7.16. The number of fused-ring (bicyclic) bond motifs is 1. The maximum absolute atomic E-state index is 13.2. The lowest BCUT2D eigenvalue weighted by Gasteiger charge is -2.57. The number of amides is 2. The van der Waals surface area contributed by atoms with E-state index in [1.165, 1.54) is 6.92 Å². The van der Waals surface area contributed by atoms with Gasteiger partial charge in [-0.25, -0.2) is 4.79 Å². The summed E-state index contributed by atoms with van der Waals surface area (Å²) in [5, 5.41) is 13.2. The van der Waals surface area contributed by atoms with Gasteiger partial charge in [0.05, 0.1) is 13.7 Å². The van der Waals surface area contributed by atoms with Crippen LogP contribution in [0.15, 0.2) is 53.0 Å². The van der Waals surface area contributed by atoms with Crippen LogP contribution in [0.25, 0.3) is 0 Å². The van der Waals surface area contributed by atoms with E-state index in [1.807, 2.05) is 12.1 Å². The summed E-state index contributed by atoms with van der Waals surface area (Å²) >= 11 is 3.48. The van der Waals surface area contributed by atoms with Gasteiger partial charge in [0.2, 0.25) is 0 Å². The van der Waals surface area contributed by atoms with Gasteiger partial charge in [0.1, 0.15) is 11.9 Å². The van der Waals surface area contributed by atoms with E-state index in [1.54, 1.807) is 36.3 Å². The fourth-order valence-electron chi connectivity index (χ4n) is 4.99. The van der Waals surface area contributed by atoms with E-state index in [-0.39, 0.29) is 42.7 Å². The van der Waals surface area contributed by atoms with Crippen molar-refractivity contribution in [2.45, 2.75) is 37.5 Å². The van der Waals surface area contributed by atoms with Crippen LogP contribution in [0.2, 0.25) is 0 Å². The summed E-state index contributed by atoms with van der Waals surface area (Å²) in [5.74, 6) is 0.429. The van der Waals surface area contributed by atoms with Crippen molar-refractivity contribution in [3.63, 3.8) is 0 Å². The molecule has 0 radical (unpaired) electrons. The minimum atomic E-state index is -0.350. The van der Waals surface area contributed by atoms with Gasteiger partial charge < -0.3 is 24.8 Å². The number of aliphatic hydroxyl groups is 1. The summed E-state index contributed by atoms with van der Waals surface area (Å²) in [7, 11) is 1.60. The number of methoxy groups -OCH3 is 1. The van der Waals surface area contributed by atoms with Crippen molar-refractivity contribution in [2.24, 2.45) is 0 Å². The zero-order valence-electron chi connectivity index (χ0n) is 19.3. The minimum Gasteiger partial charge on any atom is -0.497 e. The van der Waals surface area contributed by atoms with Crippen molar-refractivity contribution >= 4 is 33.6 Å². The Labute approximate surface area is 208 Å². The van der Waals surface area contributed by atoms with Gasteiger partial charge >= 0.3 is 12.0 Å². The van der Waals surface area contributed by atoms with Crippen LogP contribution in [0, 0.1) is 0 Å². The zero-order valence-corrected chi connectivity index (χ0v) is 20.9. The Balaban J connectivity index is 1.56. The number of anilines is 1. The first-order valence-electron chi connectivity index (χ1n) is 11.4. The third kappa shape index (κ3) is 5.37. The molecule has 0 aromatic heterocycles. The molecule has 2 aromatic rings. The lowest BCUT2D eigenvalue weighted by atomic mass is 9.74. The first-order valence-corrected chi connectivity index (χ1v) is 12.2. The van der Waals surface area contributed by atoms with E-state index in [9.17, 15) is 14.7 Å². The third-order valence-electron chi connectivity index (χ3n) is 6.63. The molecule has 2 N–H and O–H groups in total. The smallest absolute Gasteiger partial charge is 0.321 e. The first-order chi connectivity index (χ1) is 16.4. The fourth-order valence-corrected chi connectivity index (χ4v) is 5.25. The highest BCUT2D eigenvalue weighted by molar-refractivity contribution is 9.10. The topological polar surface area (TPSA) is 91.3 Å². The molecule has 0 spiro atoms. The number of hydrogen-bond acceptors (Lipinski definition) is 6. The second-order valence-electron chi connectivity index (χ2n) is 8.72. The van der Waals surface area contributed by atoms with Crippen LogP contribution < -0.4 is 10.1 Å².